The number of carbonyl (C=O) groups excluding carboxylic acids is 2. The summed E-state index contributed by atoms with van der Waals surface area (Å²) in [5, 5.41) is 12.3. The number of nitrogens with zero attached hydrogens (tertiary/aromatic N) is 1. The van der Waals surface area contributed by atoms with Crippen LogP contribution in [0, 0.1) is 6.92 Å². The van der Waals surface area contributed by atoms with Crippen LogP contribution in [0.25, 0.3) is 0 Å². The fourth-order valence-electron chi connectivity index (χ4n) is 3.77. The van der Waals surface area contributed by atoms with Crippen molar-refractivity contribution < 1.29 is 14.7 Å². The van der Waals surface area contributed by atoms with Crippen LogP contribution in [0.3, 0.4) is 0 Å². The topological polar surface area (TPSA) is 69.6 Å². The van der Waals surface area contributed by atoms with Crippen molar-refractivity contribution >= 4 is 23.2 Å². The normalized spacial score (nSPS) is 14.5. The molecule has 2 N–H and O–H groups in total. The molecule has 1 fully saturated rings. The summed E-state index contributed by atoms with van der Waals surface area (Å²) in [7, 11) is 0. The second-order valence-electron chi connectivity index (χ2n) is 7.41. The molecular formula is C23H28N2O3. The smallest absolute Gasteiger partial charge is 0.255 e. The average molecular weight is 380 g/mol. The monoisotopic (exact) mass is 380 g/mol. The molecule has 148 valence electrons. The number of amides is 2. The molecule has 5 nitrogen and oxygen atoms in total. The average Bonchev–Trinajstić information content (AvgIpc) is 2.71. The van der Waals surface area contributed by atoms with E-state index in [0.717, 1.165) is 36.9 Å². The molecule has 3 rings (SSSR count). The van der Waals surface area contributed by atoms with Gasteiger partial charge in [0.15, 0.2) is 0 Å². The van der Waals surface area contributed by atoms with Gasteiger partial charge in [0.25, 0.3) is 5.91 Å². The number of nitrogens with one attached hydrogen (secondary N) is 1. The van der Waals surface area contributed by atoms with Crippen LogP contribution in [0.2, 0.25) is 0 Å². The van der Waals surface area contributed by atoms with Crippen LogP contribution in [-0.2, 0) is 4.79 Å². The number of aromatic hydroxyl groups is 1. The Morgan fingerprint density at radius 3 is 2.39 bits per heavy atom. The van der Waals surface area contributed by atoms with E-state index in [0.29, 0.717) is 17.7 Å². The van der Waals surface area contributed by atoms with Gasteiger partial charge in [-0.25, -0.2) is 0 Å². The molecular weight excluding hydrogens is 352 g/mol. The van der Waals surface area contributed by atoms with Crippen molar-refractivity contribution in [2.45, 2.75) is 58.4 Å². The number of phenols is 1. The van der Waals surface area contributed by atoms with Gasteiger partial charge in [-0.1, -0.05) is 32.3 Å². The molecule has 1 aliphatic carbocycles. The quantitative estimate of drug-likeness (QED) is 0.764. The molecule has 5 heteroatoms. The first-order chi connectivity index (χ1) is 13.5. The van der Waals surface area contributed by atoms with Gasteiger partial charge in [0.05, 0.1) is 0 Å². The van der Waals surface area contributed by atoms with Gasteiger partial charge in [-0.3, -0.25) is 9.59 Å². The number of anilines is 2. The minimum absolute atomic E-state index is 0.117. The molecule has 1 aliphatic rings. The predicted molar refractivity (Wildman–Crippen MR) is 112 cm³/mol. The van der Waals surface area contributed by atoms with Crippen molar-refractivity contribution in [1.82, 2.24) is 0 Å². The Labute approximate surface area is 166 Å². The lowest BCUT2D eigenvalue weighted by atomic mass is 9.93. The van der Waals surface area contributed by atoms with Gasteiger partial charge in [0.1, 0.15) is 5.75 Å². The predicted octanol–water partition coefficient (Wildman–Crippen LogP) is 5.03. The Bertz CT molecular complexity index is 839. The van der Waals surface area contributed by atoms with E-state index >= 15 is 0 Å². The van der Waals surface area contributed by atoms with E-state index in [-0.39, 0.29) is 23.6 Å². The zero-order valence-electron chi connectivity index (χ0n) is 16.6. The first-order valence-corrected chi connectivity index (χ1v) is 10.0. The molecule has 0 saturated heterocycles. The highest BCUT2D eigenvalue weighted by Gasteiger charge is 2.26. The molecule has 0 aromatic heterocycles. The number of aryl methyl sites for hydroxylation is 1. The molecule has 0 aliphatic heterocycles. The van der Waals surface area contributed by atoms with E-state index in [1.54, 1.807) is 12.1 Å². The number of carbonyl (C=O) groups is 2. The van der Waals surface area contributed by atoms with Crippen molar-refractivity contribution in [3.8, 4) is 5.75 Å². The molecule has 0 atom stereocenters. The van der Waals surface area contributed by atoms with Crippen molar-refractivity contribution in [1.29, 1.82) is 0 Å². The highest BCUT2D eigenvalue weighted by atomic mass is 16.3. The molecule has 0 unspecified atom stereocenters. The van der Waals surface area contributed by atoms with E-state index in [4.69, 9.17) is 0 Å². The van der Waals surface area contributed by atoms with Gasteiger partial charge in [0.2, 0.25) is 5.91 Å². The van der Waals surface area contributed by atoms with E-state index in [1.807, 2.05) is 36.9 Å². The van der Waals surface area contributed by atoms with Crippen molar-refractivity contribution in [2.24, 2.45) is 0 Å². The van der Waals surface area contributed by atoms with Crippen LogP contribution in [0.5, 0.6) is 5.75 Å². The van der Waals surface area contributed by atoms with Crippen LogP contribution in [0.15, 0.2) is 42.5 Å². The molecule has 2 amide bonds. The second kappa shape index (κ2) is 8.91. The fourth-order valence-corrected chi connectivity index (χ4v) is 3.77. The first kappa shape index (κ1) is 19.9. The minimum Gasteiger partial charge on any atom is -0.508 e. The maximum atomic E-state index is 12.7. The summed E-state index contributed by atoms with van der Waals surface area (Å²) in [6.07, 6.45) is 6.03. The minimum atomic E-state index is -0.244. The lowest BCUT2D eigenvalue weighted by molar-refractivity contribution is -0.118. The summed E-state index contributed by atoms with van der Waals surface area (Å²) in [6.45, 7) is 3.82. The second-order valence-corrected chi connectivity index (χ2v) is 7.41. The lowest BCUT2D eigenvalue weighted by Crippen LogP contribution is -2.41. The Morgan fingerprint density at radius 2 is 1.75 bits per heavy atom. The van der Waals surface area contributed by atoms with Crippen LogP contribution in [0.4, 0.5) is 11.4 Å². The van der Waals surface area contributed by atoms with Gasteiger partial charge in [0, 0.05) is 29.4 Å². The van der Waals surface area contributed by atoms with E-state index < -0.39 is 0 Å². The van der Waals surface area contributed by atoms with Gasteiger partial charge in [-0.05, 0) is 61.7 Å². The SMILES string of the molecule is CCC(=O)N(c1ccc(C)c(NC(=O)c2ccc(O)cc2)c1)C1CCCCC1. The summed E-state index contributed by atoms with van der Waals surface area (Å²) < 4.78 is 0. The number of benzene rings is 2. The van der Waals surface area contributed by atoms with Crippen LogP contribution in [-0.4, -0.2) is 23.0 Å². The van der Waals surface area contributed by atoms with Crippen LogP contribution >= 0.6 is 0 Å². The maximum Gasteiger partial charge on any atom is 0.255 e. The van der Waals surface area contributed by atoms with Gasteiger partial charge >= 0.3 is 0 Å². The number of rotatable bonds is 5. The summed E-state index contributed by atoms with van der Waals surface area (Å²) in [6, 6.07) is 12.2. The van der Waals surface area contributed by atoms with Gasteiger partial charge in [-0.2, -0.15) is 0 Å². The first-order valence-electron chi connectivity index (χ1n) is 10.0. The zero-order chi connectivity index (χ0) is 20.1. The molecule has 2 aromatic carbocycles. The summed E-state index contributed by atoms with van der Waals surface area (Å²) in [5.74, 6) is -0.00576. The highest BCUT2D eigenvalue weighted by Crippen LogP contribution is 2.31. The summed E-state index contributed by atoms with van der Waals surface area (Å²) in [4.78, 5) is 27.2. The molecule has 0 heterocycles. The van der Waals surface area contributed by atoms with Crippen molar-refractivity contribution in [3.05, 3.63) is 53.6 Å². The molecule has 0 bridgehead atoms. The van der Waals surface area contributed by atoms with E-state index in [1.165, 1.54) is 18.6 Å². The van der Waals surface area contributed by atoms with E-state index in [9.17, 15) is 14.7 Å². The van der Waals surface area contributed by atoms with Crippen LogP contribution in [0.1, 0.15) is 61.4 Å². The van der Waals surface area contributed by atoms with Crippen molar-refractivity contribution in [2.75, 3.05) is 10.2 Å². The summed E-state index contributed by atoms with van der Waals surface area (Å²) in [5.41, 5.74) is 2.94. The Morgan fingerprint density at radius 1 is 1.07 bits per heavy atom. The Balaban J connectivity index is 1.87. The lowest BCUT2D eigenvalue weighted by Gasteiger charge is -2.34. The summed E-state index contributed by atoms with van der Waals surface area (Å²) >= 11 is 0. The molecule has 28 heavy (non-hydrogen) atoms. The molecule has 1 saturated carbocycles. The Kier molecular flexibility index (Phi) is 6.34. The van der Waals surface area contributed by atoms with Gasteiger partial charge < -0.3 is 15.3 Å². The number of hydrogen-bond acceptors (Lipinski definition) is 3. The molecule has 2 aromatic rings. The van der Waals surface area contributed by atoms with E-state index in [2.05, 4.69) is 5.32 Å². The third kappa shape index (κ3) is 4.53. The third-order valence-corrected chi connectivity index (χ3v) is 5.39. The molecule has 0 radical (unpaired) electrons. The largest absolute Gasteiger partial charge is 0.508 e. The number of phenolic OH excluding ortho intramolecular Hbond substituents is 1. The fraction of sp³-hybridized carbons (Fsp3) is 0.391. The van der Waals surface area contributed by atoms with Crippen molar-refractivity contribution in [3.63, 3.8) is 0 Å². The highest BCUT2D eigenvalue weighted by molar-refractivity contribution is 6.05. The Hall–Kier alpha value is -2.82. The molecule has 0 spiro atoms. The maximum absolute atomic E-state index is 12.7. The zero-order valence-corrected chi connectivity index (χ0v) is 16.6. The number of hydrogen-bond donors (Lipinski definition) is 2. The third-order valence-electron chi connectivity index (χ3n) is 5.39. The standard InChI is InChI=1S/C23H28N2O3/c1-3-22(27)25(18-7-5-4-6-8-18)19-12-9-16(2)21(15-19)24-23(28)17-10-13-20(26)14-11-17/h9-15,18,26H,3-8H2,1-2H3,(H,24,28). The van der Waals surface area contributed by atoms with Gasteiger partial charge in [-0.15, -0.1) is 0 Å². The van der Waals surface area contributed by atoms with Crippen LogP contribution < -0.4 is 10.2 Å².